The molecule has 0 saturated carbocycles. The second-order valence-electron chi connectivity index (χ2n) is 4.32. The third-order valence-corrected chi connectivity index (χ3v) is 6.24. The average Bonchev–Trinajstić information content (AvgIpc) is 2.78. The molecule has 4 N–H and O–H groups in total. The summed E-state index contributed by atoms with van der Waals surface area (Å²) < 4.78 is 29.6. The van der Waals surface area contributed by atoms with Gasteiger partial charge in [0.15, 0.2) is 9.84 Å². The van der Waals surface area contributed by atoms with Crippen LogP contribution in [-0.2, 0) is 14.6 Å². The molecule has 0 aliphatic carbocycles. The van der Waals surface area contributed by atoms with Gasteiger partial charge in [-0.3, -0.25) is 4.79 Å². The second kappa shape index (κ2) is 7.10. The molecule has 7 nitrogen and oxygen atoms in total. The van der Waals surface area contributed by atoms with Crippen molar-refractivity contribution in [3.63, 3.8) is 0 Å². The van der Waals surface area contributed by atoms with Crippen molar-refractivity contribution in [3.05, 3.63) is 4.88 Å². The Balaban J connectivity index is 3.48. The number of thiophene rings is 1. The lowest BCUT2D eigenvalue weighted by molar-refractivity contribution is 0.100. The van der Waals surface area contributed by atoms with Crippen LogP contribution < -0.4 is 16.4 Å². The van der Waals surface area contributed by atoms with Gasteiger partial charge in [-0.25, -0.2) is 8.42 Å². The van der Waals surface area contributed by atoms with Gasteiger partial charge in [-0.05, 0) is 6.92 Å². The predicted octanol–water partition coefficient (Wildman–Crippen LogP) is 0.696. The van der Waals surface area contributed by atoms with Gasteiger partial charge in [-0.2, -0.15) is 0 Å². The molecule has 0 atom stereocenters. The molecule has 9 heteroatoms. The molecule has 1 aromatic rings. The number of rotatable bonds is 8. The molecular formula is C12H21N3O4S2. The Hall–Kier alpha value is -1.32. The lowest BCUT2D eigenvalue weighted by Gasteiger charge is -2.22. The lowest BCUT2D eigenvalue weighted by atomic mass is 10.3. The smallest absolute Gasteiger partial charge is 0.261 e. The average molecular weight is 335 g/mol. The van der Waals surface area contributed by atoms with Crippen LogP contribution in [0.4, 0.5) is 10.7 Å². The molecule has 1 aromatic heterocycles. The van der Waals surface area contributed by atoms with Gasteiger partial charge in [0.1, 0.15) is 14.8 Å². The van der Waals surface area contributed by atoms with Crippen LogP contribution in [0.2, 0.25) is 0 Å². The molecule has 120 valence electrons. The van der Waals surface area contributed by atoms with Crippen LogP contribution in [0.1, 0.15) is 23.5 Å². The number of ether oxygens (including phenoxy) is 1. The number of nitrogens with two attached hydrogens (primary N) is 2. The Morgan fingerprint density at radius 2 is 2.00 bits per heavy atom. The summed E-state index contributed by atoms with van der Waals surface area (Å²) in [5, 5.41) is 0.447. The fraction of sp³-hybridized carbons (Fsp3) is 0.583. The molecule has 0 spiro atoms. The quantitative estimate of drug-likeness (QED) is 0.722. The third kappa shape index (κ3) is 3.66. The maximum Gasteiger partial charge on any atom is 0.261 e. The van der Waals surface area contributed by atoms with Crippen LogP contribution >= 0.6 is 11.3 Å². The van der Waals surface area contributed by atoms with Crippen LogP contribution in [0.3, 0.4) is 0 Å². The first-order chi connectivity index (χ1) is 9.80. The molecule has 1 rings (SSSR count). The molecule has 0 aliphatic rings. The van der Waals surface area contributed by atoms with Gasteiger partial charge in [0.2, 0.25) is 0 Å². The first-order valence-corrected chi connectivity index (χ1v) is 8.95. The van der Waals surface area contributed by atoms with Gasteiger partial charge in [0.05, 0.1) is 18.0 Å². The van der Waals surface area contributed by atoms with E-state index in [1.54, 1.807) is 7.11 Å². The van der Waals surface area contributed by atoms with Crippen LogP contribution in [0.25, 0.3) is 0 Å². The summed E-state index contributed by atoms with van der Waals surface area (Å²) in [7, 11) is -1.99. The first kappa shape index (κ1) is 17.7. The zero-order chi connectivity index (χ0) is 16.2. The highest BCUT2D eigenvalue weighted by molar-refractivity contribution is 7.92. The minimum atomic E-state index is -3.56. The summed E-state index contributed by atoms with van der Waals surface area (Å²) in [5.41, 5.74) is 11.1. The molecule has 0 radical (unpaired) electrons. The number of nitrogens with zero attached hydrogens (tertiary/aromatic N) is 1. The molecular weight excluding hydrogens is 314 g/mol. The Labute approximate surface area is 128 Å². The fourth-order valence-electron chi connectivity index (χ4n) is 1.86. The lowest BCUT2D eigenvalue weighted by Crippen LogP contribution is -2.27. The summed E-state index contributed by atoms with van der Waals surface area (Å²) in [6.07, 6.45) is 0. The van der Waals surface area contributed by atoms with Crippen molar-refractivity contribution in [1.29, 1.82) is 0 Å². The highest BCUT2D eigenvalue weighted by Crippen LogP contribution is 2.41. The zero-order valence-electron chi connectivity index (χ0n) is 12.4. The van der Waals surface area contributed by atoms with Crippen LogP contribution in [0, 0.1) is 0 Å². The zero-order valence-corrected chi connectivity index (χ0v) is 14.0. The van der Waals surface area contributed by atoms with E-state index in [0.717, 1.165) is 11.3 Å². The molecule has 0 saturated heterocycles. The van der Waals surface area contributed by atoms with Gasteiger partial charge in [-0.15, -0.1) is 11.3 Å². The van der Waals surface area contributed by atoms with E-state index in [0.29, 0.717) is 24.7 Å². The van der Waals surface area contributed by atoms with Crippen molar-refractivity contribution in [2.75, 3.05) is 43.2 Å². The van der Waals surface area contributed by atoms with E-state index < -0.39 is 15.7 Å². The summed E-state index contributed by atoms with van der Waals surface area (Å²) in [4.78, 5) is 13.3. The minimum Gasteiger partial charge on any atom is -0.396 e. The van der Waals surface area contributed by atoms with Crippen molar-refractivity contribution in [1.82, 2.24) is 0 Å². The fourth-order valence-corrected chi connectivity index (χ4v) is 4.61. The Morgan fingerprint density at radius 3 is 2.43 bits per heavy atom. The molecule has 21 heavy (non-hydrogen) atoms. The maximum absolute atomic E-state index is 12.3. The number of nitrogen functional groups attached to an aromatic ring is 1. The number of likely N-dealkylation sites (N-methyl/N-ethyl adjacent to an activating group) is 1. The van der Waals surface area contributed by atoms with Crippen molar-refractivity contribution in [2.24, 2.45) is 5.73 Å². The van der Waals surface area contributed by atoms with Gasteiger partial charge in [0, 0.05) is 20.2 Å². The van der Waals surface area contributed by atoms with Crippen molar-refractivity contribution >= 4 is 37.8 Å². The minimum absolute atomic E-state index is 0.00162. The summed E-state index contributed by atoms with van der Waals surface area (Å²) in [6, 6.07) is 0. The molecule has 0 aromatic carbocycles. The first-order valence-electron chi connectivity index (χ1n) is 6.48. The summed E-state index contributed by atoms with van der Waals surface area (Å²) in [6.45, 7) is 4.91. The van der Waals surface area contributed by atoms with Crippen LogP contribution in [-0.4, -0.2) is 46.9 Å². The number of amides is 1. The van der Waals surface area contributed by atoms with Gasteiger partial charge < -0.3 is 21.1 Å². The number of carbonyl (C=O) groups excluding carboxylic acids is 1. The Bertz CT molecular complexity index is 610. The van der Waals surface area contributed by atoms with Crippen molar-refractivity contribution < 1.29 is 17.9 Å². The molecule has 0 aliphatic heterocycles. The number of hydrogen-bond donors (Lipinski definition) is 2. The standard InChI is InChI=1S/C12H21N3O4S2/c1-4-15(6-7-19-3)12-10(21(17,18)5-2)8(13)9(20-12)11(14)16/h4-7,13H2,1-3H3,(H2,14,16). The normalized spacial score (nSPS) is 11.6. The van der Waals surface area contributed by atoms with E-state index in [2.05, 4.69) is 0 Å². The Morgan fingerprint density at radius 1 is 1.38 bits per heavy atom. The number of methoxy groups -OCH3 is 1. The van der Waals surface area contributed by atoms with Gasteiger partial charge in [-0.1, -0.05) is 6.92 Å². The second-order valence-corrected chi connectivity index (χ2v) is 7.53. The van der Waals surface area contributed by atoms with Gasteiger partial charge >= 0.3 is 0 Å². The van der Waals surface area contributed by atoms with E-state index in [1.165, 1.54) is 6.92 Å². The van der Waals surface area contributed by atoms with Gasteiger partial charge in [0.25, 0.3) is 5.91 Å². The molecule has 0 fully saturated rings. The third-order valence-electron chi connectivity index (χ3n) is 3.03. The number of hydrogen-bond acceptors (Lipinski definition) is 7. The predicted molar refractivity (Wildman–Crippen MR) is 84.7 cm³/mol. The Kier molecular flexibility index (Phi) is 5.99. The van der Waals surface area contributed by atoms with E-state index >= 15 is 0 Å². The van der Waals surface area contributed by atoms with Crippen molar-refractivity contribution in [2.45, 2.75) is 18.7 Å². The summed E-state index contributed by atoms with van der Waals surface area (Å²) >= 11 is 1.01. The molecule has 1 heterocycles. The number of primary amides is 1. The molecule has 1 amide bonds. The highest BCUT2D eigenvalue weighted by atomic mass is 32.2. The van der Waals surface area contributed by atoms with Crippen LogP contribution in [0.5, 0.6) is 0 Å². The van der Waals surface area contributed by atoms with E-state index in [4.69, 9.17) is 16.2 Å². The van der Waals surface area contributed by atoms with E-state index in [1.807, 2.05) is 11.8 Å². The largest absolute Gasteiger partial charge is 0.396 e. The van der Waals surface area contributed by atoms with E-state index in [-0.39, 0.29) is 21.2 Å². The summed E-state index contributed by atoms with van der Waals surface area (Å²) in [5.74, 6) is -0.819. The SMILES string of the molecule is CCN(CCOC)c1sc(C(N)=O)c(N)c1S(=O)(=O)CC. The van der Waals surface area contributed by atoms with Crippen molar-refractivity contribution in [3.8, 4) is 0 Å². The topological polar surface area (TPSA) is 116 Å². The molecule has 0 unspecified atom stereocenters. The highest BCUT2D eigenvalue weighted by Gasteiger charge is 2.30. The van der Waals surface area contributed by atoms with E-state index in [9.17, 15) is 13.2 Å². The number of carbonyl (C=O) groups is 1. The van der Waals surface area contributed by atoms with Crippen LogP contribution in [0.15, 0.2) is 4.90 Å². The number of anilines is 2. The monoisotopic (exact) mass is 335 g/mol. The molecule has 0 bridgehead atoms. The maximum atomic E-state index is 12.3. The number of sulfone groups is 1.